The first-order valence-corrected chi connectivity index (χ1v) is 3.72. The van der Waals surface area contributed by atoms with Crippen molar-refractivity contribution in [3.05, 3.63) is 0 Å². The maximum Gasteiger partial charge on any atom is 0.424 e. The Labute approximate surface area is 76.5 Å². The van der Waals surface area contributed by atoms with Crippen molar-refractivity contribution in [3.63, 3.8) is 0 Å². The molecule has 0 aliphatic heterocycles. The van der Waals surface area contributed by atoms with Gasteiger partial charge in [-0.2, -0.15) is 0 Å². The molecule has 0 spiro atoms. The maximum absolute atomic E-state index is 10.9. The van der Waals surface area contributed by atoms with Crippen LogP contribution in [0.3, 0.4) is 0 Å². The summed E-state index contributed by atoms with van der Waals surface area (Å²) >= 11 is 0. The maximum atomic E-state index is 10.9. The molecule has 0 radical (unpaired) electrons. The Morgan fingerprint density at radius 3 is 2.15 bits per heavy atom. The zero-order valence-electron chi connectivity index (χ0n) is 8.13. The molecule has 0 aromatic rings. The lowest BCUT2D eigenvalue weighted by atomic mass is 10.2. The summed E-state index contributed by atoms with van der Waals surface area (Å²) in [6.45, 7) is 6.36. The predicted octanol–water partition coefficient (Wildman–Crippen LogP) is 0.494. The van der Waals surface area contributed by atoms with Gasteiger partial charge in [0, 0.05) is 6.92 Å². The molecule has 0 aromatic carbocycles. The average molecular weight is 190 g/mol. The summed E-state index contributed by atoms with van der Waals surface area (Å²) in [7, 11) is 0. The minimum Gasteiger partial charge on any atom is -0.443 e. The molecule has 0 rings (SSSR count). The van der Waals surface area contributed by atoms with Crippen molar-refractivity contribution in [1.82, 2.24) is 11.0 Å². The van der Waals surface area contributed by atoms with Crippen molar-refractivity contribution in [3.8, 4) is 0 Å². The number of carbonyl (C=O) groups is 2. The highest BCUT2D eigenvalue weighted by Gasteiger charge is 2.15. The van der Waals surface area contributed by atoms with E-state index in [9.17, 15) is 9.59 Å². The summed E-state index contributed by atoms with van der Waals surface area (Å²) in [6, 6.07) is 0. The number of rotatable bonds is 2. The molecule has 0 atom stereocenters. The normalized spacial score (nSPS) is 10.5. The number of amides is 1. The third-order valence-corrected chi connectivity index (χ3v) is 0.747. The smallest absolute Gasteiger partial charge is 0.424 e. The van der Waals surface area contributed by atoms with E-state index >= 15 is 0 Å². The fourth-order valence-electron chi connectivity index (χ4n) is 0.443. The molecule has 0 aliphatic rings. The Morgan fingerprint density at radius 2 is 1.77 bits per heavy atom. The molecule has 0 unspecified atom stereocenters. The number of carbonyl (C=O) groups excluding carboxylic acids is 2. The van der Waals surface area contributed by atoms with E-state index in [0.29, 0.717) is 0 Å². The van der Waals surface area contributed by atoms with E-state index in [1.165, 1.54) is 6.92 Å². The Balaban J connectivity index is 3.59. The first-order chi connectivity index (χ1) is 5.81. The van der Waals surface area contributed by atoms with Crippen LogP contribution in [0.15, 0.2) is 0 Å². The molecule has 0 fully saturated rings. The highest BCUT2D eigenvalue weighted by Crippen LogP contribution is 2.05. The molecular weight excluding hydrogens is 176 g/mol. The van der Waals surface area contributed by atoms with Gasteiger partial charge in [-0.3, -0.25) is 4.79 Å². The van der Waals surface area contributed by atoms with Gasteiger partial charge in [0.05, 0.1) is 0 Å². The lowest BCUT2D eigenvalue weighted by Crippen LogP contribution is -2.41. The molecule has 1 amide bonds. The van der Waals surface area contributed by atoms with Crippen molar-refractivity contribution >= 4 is 12.1 Å². The number of ether oxygens (including phenoxy) is 1. The standard InChI is InChI=1S/C7H14N2O4/c1-5(10)13-9-8-6(11)12-7(2,3)4/h9H,1-4H3,(H,8,11). The molecule has 0 aliphatic carbocycles. The Kier molecular flexibility index (Phi) is 4.19. The van der Waals surface area contributed by atoms with Crippen LogP contribution in [-0.4, -0.2) is 17.7 Å². The van der Waals surface area contributed by atoms with Gasteiger partial charge < -0.3 is 9.57 Å². The number of hydrazine groups is 1. The monoisotopic (exact) mass is 190 g/mol. The first-order valence-electron chi connectivity index (χ1n) is 3.72. The summed E-state index contributed by atoms with van der Waals surface area (Å²) in [5.74, 6) is -0.559. The first kappa shape index (κ1) is 11.7. The minimum absolute atomic E-state index is 0.559. The van der Waals surface area contributed by atoms with E-state index < -0.39 is 17.7 Å². The van der Waals surface area contributed by atoms with Crippen LogP contribution in [0.2, 0.25) is 0 Å². The molecule has 6 heteroatoms. The lowest BCUT2D eigenvalue weighted by Gasteiger charge is -2.19. The number of nitrogens with one attached hydrogen (secondary N) is 2. The quantitative estimate of drug-likeness (QED) is 0.620. The summed E-state index contributed by atoms with van der Waals surface area (Å²) in [6.07, 6.45) is -0.714. The van der Waals surface area contributed by atoms with Gasteiger partial charge in [0.1, 0.15) is 5.60 Å². The second kappa shape index (κ2) is 4.66. The van der Waals surface area contributed by atoms with Crippen LogP contribution >= 0.6 is 0 Å². The fourth-order valence-corrected chi connectivity index (χ4v) is 0.443. The van der Waals surface area contributed by atoms with Crippen LogP contribution in [0.5, 0.6) is 0 Å². The second-order valence-electron chi connectivity index (χ2n) is 3.32. The van der Waals surface area contributed by atoms with Crippen LogP contribution in [0.4, 0.5) is 4.79 Å². The van der Waals surface area contributed by atoms with Crippen molar-refractivity contribution < 1.29 is 19.2 Å². The van der Waals surface area contributed by atoms with Gasteiger partial charge in [0.15, 0.2) is 0 Å². The second-order valence-corrected chi connectivity index (χ2v) is 3.32. The van der Waals surface area contributed by atoms with Crippen LogP contribution < -0.4 is 11.0 Å². The van der Waals surface area contributed by atoms with Crippen LogP contribution in [0, 0.1) is 0 Å². The summed E-state index contributed by atoms with van der Waals surface area (Å²) in [5, 5.41) is 0. The van der Waals surface area contributed by atoms with Gasteiger partial charge in [0.25, 0.3) is 0 Å². The van der Waals surface area contributed by atoms with Crippen molar-refractivity contribution in [1.29, 1.82) is 0 Å². The third kappa shape index (κ3) is 8.61. The van der Waals surface area contributed by atoms with Gasteiger partial charge in [-0.15, -0.1) is 0 Å². The molecule has 76 valence electrons. The van der Waals surface area contributed by atoms with Gasteiger partial charge in [-0.05, 0) is 20.8 Å². The van der Waals surface area contributed by atoms with E-state index in [0.717, 1.165) is 0 Å². The zero-order chi connectivity index (χ0) is 10.5. The van der Waals surface area contributed by atoms with Gasteiger partial charge in [0.2, 0.25) is 0 Å². The average Bonchev–Trinajstić information content (AvgIpc) is 1.81. The molecule has 2 N–H and O–H groups in total. The summed E-state index contributed by atoms with van der Waals surface area (Å²) in [4.78, 5) is 25.3. The SMILES string of the molecule is CC(=O)ONNC(=O)OC(C)(C)C. The van der Waals surface area contributed by atoms with Gasteiger partial charge >= 0.3 is 12.1 Å². The van der Waals surface area contributed by atoms with Crippen LogP contribution in [-0.2, 0) is 14.4 Å². The van der Waals surface area contributed by atoms with Gasteiger partial charge in [-0.25, -0.2) is 10.2 Å². The molecule has 0 aromatic heterocycles. The number of hydrogen-bond acceptors (Lipinski definition) is 5. The Morgan fingerprint density at radius 1 is 1.23 bits per heavy atom. The molecule has 0 bridgehead atoms. The Bertz CT molecular complexity index is 197. The predicted molar refractivity (Wildman–Crippen MR) is 44.3 cm³/mol. The molecule has 0 saturated carbocycles. The molecule has 6 nitrogen and oxygen atoms in total. The van der Waals surface area contributed by atoms with E-state index in [1.807, 2.05) is 11.0 Å². The topological polar surface area (TPSA) is 76.7 Å². The molecule has 13 heavy (non-hydrogen) atoms. The van der Waals surface area contributed by atoms with Crippen molar-refractivity contribution in [2.45, 2.75) is 33.3 Å². The van der Waals surface area contributed by atoms with E-state index in [1.54, 1.807) is 20.8 Å². The van der Waals surface area contributed by atoms with E-state index in [2.05, 4.69) is 4.84 Å². The van der Waals surface area contributed by atoms with Crippen molar-refractivity contribution in [2.24, 2.45) is 0 Å². The molecular formula is C7H14N2O4. The van der Waals surface area contributed by atoms with Gasteiger partial charge in [-0.1, -0.05) is 5.59 Å². The highest BCUT2D eigenvalue weighted by molar-refractivity contribution is 5.68. The minimum atomic E-state index is -0.714. The Hall–Kier alpha value is -1.30. The largest absolute Gasteiger partial charge is 0.443 e. The van der Waals surface area contributed by atoms with Crippen LogP contribution in [0.25, 0.3) is 0 Å². The lowest BCUT2D eigenvalue weighted by molar-refractivity contribution is -0.150. The third-order valence-electron chi connectivity index (χ3n) is 0.747. The number of hydrogen-bond donors (Lipinski definition) is 2. The van der Waals surface area contributed by atoms with Crippen molar-refractivity contribution in [2.75, 3.05) is 0 Å². The summed E-state index contributed by atoms with van der Waals surface area (Å²) in [5.41, 5.74) is 3.37. The van der Waals surface area contributed by atoms with E-state index in [-0.39, 0.29) is 0 Å². The molecule has 0 saturated heterocycles. The fraction of sp³-hybridized carbons (Fsp3) is 0.714. The highest BCUT2D eigenvalue weighted by atomic mass is 16.7. The van der Waals surface area contributed by atoms with Crippen LogP contribution in [0.1, 0.15) is 27.7 Å². The summed E-state index contributed by atoms with van der Waals surface area (Å²) < 4.78 is 4.82. The molecule has 0 heterocycles. The van der Waals surface area contributed by atoms with E-state index in [4.69, 9.17) is 4.74 Å². The zero-order valence-corrected chi connectivity index (χ0v) is 8.13.